The highest BCUT2D eigenvalue weighted by molar-refractivity contribution is 5.94. The predicted octanol–water partition coefficient (Wildman–Crippen LogP) is 7.20. The number of nitrogens with zero attached hydrogens (tertiary/aromatic N) is 5. The van der Waals surface area contributed by atoms with Gasteiger partial charge in [0.05, 0.1) is 18.5 Å². The molecular weight excluding hydrogens is 717 g/mol. The van der Waals surface area contributed by atoms with Gasteiger partial charge in [-0.1, -0.05) is 38.2 Å². The standard InChI is InChI=1S/C45H58N8O4/c1-30-24-41(54)53(36-11-9-10-34(27-36)48-43(55)32-14-15-32)42-38(30)29-47-45(50-42)49-39-17-16-35(28-40(39)57-2)52-22-20-51(21-23-52)19-8-6-4-3-5-7-18-46-44(56)37-26-31-12-13-33(37)25-31/h9-11,16-17,24,27-29,31-33,37H,3-8,12-15,18-23,25-26H2,1-2H3,(H,46,56)(H,48,55)(H,47,49,50). The smallest absolute Gasteiger partial charge is 0.257 e. The molecule has 0 radical (unpaired) electrons. The molecule has 1 saturated heterocycles. The summed E-state index contributed by atoms with van der Waals surface area (Å²) in [5.74, 6) is 3.22. The Kier molecular flexibility index (Phi) is 12.1. The van der Waals surface area contributed by atoms with E-state index in [1.54, 1.807) is 30.0 Å². The Morgan fingerprint density at radius 2 is 1.67 bits per heavy atom. The number of fused-ring (bicyclic) bond motifs is 3. The molecule has 3 heterocycles. The third kappa shape index (κ3) is 9.27. The van der Waals surface area contributed by atoms with Crippen molar-refractivity contribution in [3.05, 3.63) is 70.6 Å². The van der Waals surface area contributed by atoms with Crippen LogP contribution in [0.15, 0.2) is 59.5 Å². The number of methoxy groups -OCH3 is 1. The molecular formula is C45H58N8O4. The number of hydrogen-bond acceptors (Lipinski definition) is 9. The van der Waals surface area contributed by atoms with E-state index in [-0.39, 0.29) is 17.4 Å². The van der Waals surface area contributed by atoms with Gasteiger partial charge in [0.2, 0.25) is 17.8 Å². The Bertz CT molecular complexity index is 2120. The number of aromatic nitrogens is 3. The molecule has 4 fully saturated rings. The maximum absolute atomic E-state index is 13.4. The van der Waals surface area contributed by atoms with Gasteiger partial charge in [-0.2, -0.15) is 4.98 Å². The molecule has 57 heavy (non-hydrogen) atoms. The third-order valence-corrected chi connectivity index (χ3v) is 12.7. The van der Waals surface area contributed by atoms with Crippen molar-refractivity contribution in [1.29, 1.82) is 0 Å². The van der Waals surface area contributed by atoms with Crippen molar-refractivity contribution in [2.45, 2.75) is 84.0 Å². The van der Waals surface area contributed by atoms with E-state index < -0.39 is 0 Å². The Morgan fingerprint density at radius 3 is 2.42 bits per heavy atom. The van der Waals surface area contributed by atoms with Crippen LogP contribution in [-0.4, -0.2) is 77.6 Å². The average Bonchev–Trinajstić information content (AvgIpc) is 3.86. The van der Waals surface area contributed by atoms with Crippen LogP contribution in [0.4, 0.5) is 23.0 Å². The van der Waals surface area contributed by atoms with Crippen LogP contribution in [0, 0.1) is 30.6 Å². The molecule has 0 spiro atoms. The van der Waals surface area contributed by atoms with Gasteiger partial charge in [-0.3, -0.25) is 23.9 Å². The van der Waals surface area contributed by atoms with E-state index in [1.807, 2.05) is 31.2 Å². The van der Waals surface area contributed by atoms with Gasteiger partial charge in [0.15, 0.2) is 5.65 Å². The number of carbonyl (C=O) groups excluding carboxylic acids is 2. The molecule has 12 nitrogen and oxygen atoms in total. The lowest BCUT2D eigenvalue weighted by Gasteiger charge is -2.36. The van der Waals surface area contributed by atoms with Crippen molar-refractivity contribution in [3.8, 4) is 11.4 Å². The van der Waals surface area contributed by atoms with E-state index in [0.29, 0.717) is 46.5 Å². The van der Waals surface area contributed by atoms with Gasteiger partial charge in [0.1, 0.15) is 5.75 Å². The normalized spacial score (nSPS) is 20.5. The highest BCUT2D eigenvalue weighted by atomic mass is 16.5. The molecule has 2 bridgehead atoms. The molecule has 2 aromatic heterocycles. The minimum atomic E-state index is -0.216. The van der Waals surface area contributed by atoms with Crippen LogP contribution < -0.4 is 31.1 Å². The van der Waals surface area contributed by atoms with Gasteiger partial charge >= 0.3 is 0 Å². The lowest BCUT2D eigenvalue weighted by molar-refractivity contribution is -0.126. The SMILES string of the molecule is COc1cc(N2CCN(CCCCCCCCNC(=O)C3CC4CCC3C4)CC2)ccc1Nc1ncc2c(C)cc(=O)n(-c3cccc(NC(=O)C4CC4)c3)c2n1. The molecule has 3 N–H and O–H groups in total. The van der Waals surface area contributed by atoms with Crippen LogP contribution >= 0.6 is 0 Å². The molecule has 3 atom stereocenters. The van der Waals surface area contributed by atoms with E-state index in [2.05, 4.69) is 42.9 Å². The number of anilines is 4. The summed E-state index contributed by atoms with van der Waals surface area (Å²) >= 11 is 0. The van der Waals surface area contributed by atoms with Crippen LogP contribution in [-0.2, 0) is 9.59 Å². The highest BCUT2D eigenvalue weighted by Crippen LogP contribution is 2.48. The summed E-state index contributed by atoms with van der Waals surface area (Å²) in [6.07, 6.45) is 15.9. The fraction of sp³-hybridized carbons (Fsp3) is 0.533. The number of rotatable bonds is 17. The average molecular weight is 775 g/mol. The summed E-state index contributed by atoms with van der Waals surface area (Å²) in [5.41, 5.74) is 4.14. The number of carbonyl (C=O) groups is 2. The molecule has 2 amide bonds. The van der Waals surface area contributed by atoms with E-state index in [4.69, 9.17) is 9.72 Å². The Morgan fingerprint density at radius 1 is 0.860 bits per heavy atom. The highest BCUT2D eigenvalue weighted by Gasteiger charge is 2.42. The second-order valence-electron chi connectivity index (χ2n) is 16.8. The second kappa shape index (κ2) is 17.7. The number of nitrogens with one attached hydrogen (secondary N) is 3. The Balaban J connectivity index is 0.805. The van der Waals surface area contributed by atoms with Crippen LogP contribution in [0.1, 0.15) is 82.6 Å². The number of ether oxygens (including phenoxy) is 1. The number of amides is 2. The van der Waals surface area contributed by atoms with Gasteiger partial charge < -0.3 is 25.6 Å². The zero-order valence-corrected chi connectivity index (χ0v) is 33.6. The molecule has 3 aliphatic carbocycles. The summed E-state index contributed by atoms with van der Waals surface area (Å²) in [4.78, 5) is 52.8. The lowest BCUT2D eigenvalue weighted by Crippen LogP contribution is -2.46. The minimum Gasteiger partial charge on any atom is -0.494 e. The molecule has 8 rings (SSSR count). The molecule has 1 aliphatic heterocycles. The van der Waals surface area contributed by atoms with E-state index in [1.165, 1.54) is 51.4 Å². The number of benzene rings is 2. The van der Waals surface area contributed by atoms with Gasteiger partial charge in [0.25, 0.3) is 5.56 Å². The zero-order valence-electron chi connectivity index (χ0n) is 33.6. The maximum Gasteiger partial charge on any atom is 0.257 e. The van der Waals surface area contributed by atoms with Crippen molar-refractivity contribution in [1.82, 2.24) is 24.8 Å². The summed E-state index contributed by atoms with van der Waals surface area (Å²) in [5, 5.41) is 10.3. The van der Waals surface area contributed by atoms with E-state index in [9.17, 15) is 14.4 Å². The van der Waals surface area contributed by atoms with Gasteiger partial charge in [0, 0.05) is 79.7 Å². The third-order valence-electron chi connectivity index (χ3n) is 12.7. The van der Waals surface area contributed by atoms with Gasteiger partial charge in [-0.05, 0) is 106 Å². The van der Waals surface area contributed by atoms with Crippen molar-refractivity contribution in [2.75, 3.05) is 61.9 Å². The number of pyridine rings is 1. The lowest BCUT2D eigenvalue weighted by atomic mass is 9.88. The summed E-state index contributed by atoms with van der Waals surface area (Å²) < 4.78 is 7.40. The largest absolute Gasteiger partial charge is 0.494 e. The predicted molar refractivity (Wildman–Crippen MR) is 226 cm³/mol. The van der Waals surface area contributed by atoms with Crippen molar-refractivity contribution >= 4 is 45.9 Å². The number of unbranched alkanes of at least 4 members (excludes halogenated alkanes) is 5. The molecule has 302 valence electrons. The van der Waals surface area contributed by atoms with Crippen molar-refractivity contribution < 1.29 is 14.3 Å². The summed E-state index contributed by atoms with van der Waals surface area (Å²) in [6.45, 7) is 7.84. The van der Waals surface area contributed by atoms with Crippen molar-refractivity contribution in [2.24, 2.45) is 23.7 Å². The first-order valence-corrected chi connectivity index (χ1v) is 21.3. The fourth-order valence-electron chi connectivity index (χ4n) is 9.28. The van der Waals surface area contributed by atoms with Crippen molar-refractivity contribution in [3.63, 3.8) is 0 Å². The van der Waals surface area contributed by atoms with Crippen LogP contribution in [0.5, 0.6) is 5.75 Å². The number of aryl methyl sites for hydroxylation is 1. The summed E-state index contributed by atoms with van der Waals surface area (Å²) in [6, 6.07) is 15.1. The van der Waals surface area contributed by atoms with Gasteiger partial charge in [-0.25, -0.2) is 4.98 Å². The second-order valence-corrected chi connectivity index (χ2v) is 16.8. The fourth-order valence-corrected chi connectivity index (χ4v) is 9.28. The van der Waals surface area contributed by atoms with E-state index in [0.717, 1.165) is 93.2 Å². The van der Waals surface area contributed by atoms with E-state index >= 15 is 0 Å². The monoisotopic (exact) mass is 774 g/mol. The molecule has 4 aromatic rings. The first-order chi connectivity index (χ1) is 27.8. The van der Waals surface area contributed by atoms with Crippen LogP contribution in [0.25, 0.3) is 16.7 Å². The molecule has 2 aromatic carbocycles. The first kappa shape index (κ1) is 38.9. The minimum absolute atomic E-state index is 0.0115. The summed E-state index contributed by atoms with van der Waals surface area (Å²) in [7, 11) is 1.66. The Labute approximate surface area is 335 Å². The maximum atomic E-state index is 13.4. The number of piperazine rings is 1. The first-order valence-electron chi connectivity index (χ1n) is 21.3. The molecule has 12 heteroatoms. The molecule has 4 aliphatic rings. The molecule has 3 unspecified atom stereocenters. The van der Waals surface area contributed by atoms with Crippen LogP contribution in [0.3, 0.4) is 0 Å². The molecule has 3 saturated carbocycles. The Hall–Kier alpha value is -4.97. The van der Waals surface area contributed by atoms with Crippen LogP contribution in [0.2, 0.25) is 0 Å². The van der Waals surface area contributed by atoms with Gasteiger partial charge in [-0.15, -0.1) is 0 Å². The zero-order chi connectivity index (χ0) is 39.3. The topological polar surface area (TPSA) is 134 Å². The quantitative estimate of drug-likeness (QED) is 0.0953. The number of hydrogen-bond donors (Lipinski definition) is 3.